The summed E-state index contributed by atoms with van der Waals surface area (Å²) in [6, 6.07) is 20.0. The summed E-state index contributed by atoms with van der Waals surface area (Å²) < 4.78 is 0. The summed E-state index contributed by atoms with van der Waals surface area (Å²) in [5.74, 6) is 0. The van der Waals surface area contributed by atoms with Gasteiger partial charge in [-0.3, -0.25) is 4.79 Å². The van der Waals surface area contributed by atoms with Crippen molar-refractivity contribution >= 4 is 12.6 Å². The number of hydrogen-bond donors (Lipinski definition) is 2. The molecular weight excluding hydrogens is 304 g/mol. The summed E-state index contributed by atoms with van der Waals surface area (Å²) in [6.45, 7) is 1.72. The highest BCUT2D eigenvalue weighted by atomic mass is 32.1. The van der Waals surface area contributed by atoms with Crippen LogP contribution in [-0.2, 0) is 0 Å². The van der Waals surface area contributed by atoms with Crippen LogP contribution in [0.5, 0.6) is 0 Å². The van der Waals surface area contributed by atoms with Crippen LogP contribution in [0, 0.1) is 18.3 Å². The quantitative estimate of drug-likeness (QED) is 0.697. The van der Waals surface area contributed by atoms with Crippen molar-refractivity contribution in [2.24, 2.45) is 0 Å². The Bertz CT molecular complexity index is 969. The molecule has 3 nitrogen and oxygen atoms in total. The Morgan fingerprint density at radius 3 is 2.35 bits per heavy atom. The molecule has 0 fully saturated rings. The summed E-state index contributed by atoms with van der Waals surface area (Å²) in [4.78, 5) is 14.6. The molecule has 0 unspecified atom stereocenters. The first-order chi connectivity index (χ1) is 11.1. The zero-order valence-electron chi connectivity index (χ0n) is 12.5. The van der Waals surface area contributed by atoms with Gasteiger partial charge in [0.15, 0.2) is 0 Å². The third kappa shape index (κ3) is 2.79. The zero-order chi connectivity index (χ0) is 16.4. The number of hydrogen-bond acceptors (Lipinski definition) is 3. The van der Waals surface area contributed by atoms with Crippen molar-refractivity contribution < 1.29 is 0 Å². The van der Waals surface area contributed by atoms with Crippen LogP contribution in [0.4, 0.5) is 0 Å². The van der Waals surface area contributed by atoms with Crippen LogP contribution in [0.15, 0.2) is 64.4 Å². The van der Waals surface area contributed by atoms with Crippen molar-refractivity contribution in [2.75, 3.05) is 0 Å². The number of aromatic amines is 1. The van der Waals surface area contributed by atoms with Gasteiger partial charge in [-0.1, -0.05) is 48.5 Å². The molecule has 0 aliphatic heterocycles. The largest absolute Gasteiger partial charge is 0.316 e. The van der Waals surface area contributed by atoms with Crippen molar-refractivity contribution in [1.82, 2.24) is 4.98 Å². The molecule has 23 heavy (non-hydrogen) atoms. The molecule has 0 bridgehead atoms. The number of rotatable bonds is 2. The molecule has 4 heteroatoms. The van der Waals surface area contributed by atoms with Gasteiger partial charge in [0.1, 0.15) is 6.07 Å². The molecular formula is C19H14N2OS. The number of H-pyrrole nitrogens is 1. The monoisotopic (exact) mass is 318 g/mol. The molecule has 112 valence electrons. The van der Waals surface area contributed by atoms with E-state index in [9.17, 15) is 10.1 Å². The summed E-state index contributed by atoms with van der Waals surface area (Å²) in [5, 5.41) is 9.74. The summed E-state index contributed by atoms with van der Waals surface area (Å²) in [5.41, 5.74) is 4.27. The van der Waals surface area contributed by atoms with Crippen molar-refractivity contribution in [3.05, 3.63) is 76.1 Å². The second-order valence-corrected chi connectivity index (χ2v) is 5.68. The maximum absolute atomic E-state index is 12.0. The fourth-order valence-corrected chi connectivity index (χ4v) is 2.90. The van der Waals surface area contributed by atoms with Crippen LogP contribution in [0.25, 0.3) is 22.3 Å². The number of aromatic nitrogens is 1. The summed E-state index contributed by atoms with van der Waals surface area (Å²) >= 11 is 4.23. The Hall–Kier alpha value is -2.77. The molecule has 0 aliphatic rings. The van der Waals surface area contributed by atoms with Crippen molar-refractivity contribution in [3.63, 3.8) is 0 Å². The van der Waals surface area contributed by atoms with E-state index in [0.29, 0.717) is 21.7 Å². The van der Waals surface area contributed by atoms with Crippen LogP contribution in [0.2, 0.25) is 0 Å². The molecule has 3 aromatic rings. The Morgan fingerprint density at radius 2 is 1.65 bits per heavy atom. The number of nitrogens with zero attached hydrogens (tertiary/aromatic N) is 1. The minimum absolute atomic E-state index is 0.228. The van der Waals surface area contributed by atoms with Gasteiger partial charge in [0.25, 0.3) is 5.56 Å². The van der Waals surface area contributed by atoms with Gasteiger partial charge in [-0.05, 0) is 29.7 Å². The lowest BCUT2D eigenvalue weighted by molar-refractivity contribution is 1.04. The van der Waals surface area contributed by atoms with E-state index in [0.717, 1.165) is 16.7 Å². The normalized spacial score (nSPS) is 10.3. The summed E-state index contributed by atoms with van der Waals surface area (Å²) in [6.07, 6.45) is 0. The van der Waals surface area contributed by atoms with Gasteiger partial charge in [-0.25, -0.2) is 0 Å². The molecule has 0 aliphatic carbocycles. The van der Waals surface area contributed by atoms with Gasteiger partial charge < -0.3 is 4.98 Å². The lowest BCUT2D eigenvalue weighted by Gasteiger charge is -2.11. The second-order valence-electron chi connectivity index (χ2n) is 5.24. The molecule has 0 atom stereocenters. The molecule has 0 amide bonds. The van der Waals surface area contributed by atoms with Crippen molar-refractivity contribution in [3.8, 4) is 28.3 Å². The topological polar surface area (TPSA) is 56.6 Å². The Balaban J connectivity index is 2.26. The molecule has 1 heterocycles. The Kier molecular flexibility index (Phi) is 4.05. The molecule has 0 radical (unpaired) electrons. The predicted octanol–water partition coefficient (Wildman–Crippen LogP) is 4.18. The number of pyridine rings is 1. The van der Waals surface area contributed by atoms with E-state index in [-0.39, 0.29) is 5.56 Å². The fraction of sp³-hybridized carbons (Fsp3) is 0.0526. The highest BCUT2D eigenvalue weighted by Crippen LogP contribution is 2.31. The first-order valence-electron chi connectivity index (χ1n) is 7.13. The third-order valence-electron chi connectivity index (χ3n) is 3.80. The van der Waals surface area contributed by atoms with Gasteiger partial charge in [-0.15, -0.1) is 12.6 Å². The van der Waals surface area contributed by atoms with E-state index in [1.165, 1.54) is 0 Å². The highest BCUT2D eigenvalue weighted by Gasteiger charge is 2.15. The number of benzene rings is 2. The van der Waals surface area contributed by atoms with E-state index < -0.39 is 0 Å². The van der Waals surface area contributed by atoms with E-state index in [1.54, 1.807) is 6.92 Å². The van der Waals surface area contributed by atoms with E-state index >= 15 is 0 Å². The van der Waals surface area contributed by atoms with Crippen LogP contribution in [-0.4, -0.2) is 4.98 Å². The van der Waals surface area contributed by atoms with E-state index in [4.69, 9.17) is 0 Å². The van der Waals surface area contributed by atoms with Gasteiger partial charge in [0, 0.05) is 11.1 Å². The lowest BCUT2D eigenvalue weighted by Crippen LogP contribution is -2.13. The van der Waals surface area contributed by atoms with Crippen LogP contribution in [0.3, 0.4) is 0 Å². The highest BCUT2D eigenvalue weighted by molar-refractivity contribution is 7.80. The van der Waals surface area contributed by atoms with Gasteiger partial charge >= 0.3 is 0 Å². The van der Waals surface area contributed by atoms with Crippen molar-refractivity contribution in [1.29, 1.82) is 5.26 Å². The molecule has 3 rings (SSSR count). The summed E-state index contributed by atoms with van der Waals surface area (Å²) in [7, 11) is 0. The molecule has 1 aromatic heterocycles. The first-order valence-corrected chi connectivity index (χ1v) is 7.58. The molecule has 1 N–H and O–H groups in total. The third-order valence-corrected chi connectivity index (χ3v) is 4.14. The SMILES string of the molecule is Cc1c(-c2cccc(-c3ccccc3)c2)c(C#N)c(S)[nH]c1=O. The molecule has 0 saturated carbocycles. The smallest absolute Gasteiger partial charge is 0.252 e. The van der Waals surface area contributed by atoms with E-state index in [2.05, 4.69) is 23.7 Å². The van der Waals surface area contributed by atoms with Crippen LogP contribution >= 0.6 is 12.6 Å². The Labute approximate surface area is 139 Å². The number of nitriles is 1. The van der Waals surface area contributed by atoms with Crippen molar-refractivity contribution in [2.45, 2.75) is 11.9 Å². The molecule has 0 saturated heterocycles. The van der Waals surface area contributed by atoms with Gasteiger partial charge in [-0.2, -0.15) is 5.26 Å². The maximum Gasteiger partial charge on any atom is 0.252 e. The van der Waals surface area contributed by atoms with Gasteiger partial charge in [0.05, 0.1) is 10.6 Å². The minimum Gasteiger partial charge on any atom is -0.316 e. The minimum atomic E-state index is -0.228. The lowest BCUT2D eigenvalue weighted by atomic mass is 9.94. The zero-order valence-corrected chi connectivity index (χ0v) is 13.4. The maximum atomic E-state index is 12.0. The average Bonchev–Trinajstić information content (AvgIpc) is 2.58. The van der Waals surface area contributed by atoms with Gasteiger partial charge in [0.2, 0.25) is 0 Å². The van der Waals surface area contributed by atoms with Crippen LogP contribution in [0.1, 0.15) is 11.1 Å². The standard InChI is InChI=1S/C19H14N2OS/c1-12-17(16(11-20)19(23)21-18(12)22)15-9-5-8-14(10-15)13-6-3-2-4-7-13/h2-10H,1H3,(H2,21,22,23). The van der Waals surface area contributed by atoms with E-state index in [1.807, 2.05) is 54.6 Å². The number of thiol groups is 1. The molecule has 0 spiro atoms. The average molecular weight is 318 g/mol. The molecule has 2 aromatic carbocycles. The fourth-order valence-electron chi connectivity index (χ4n) is 2.64. The first kappa shape index (κ1) is 15.1. The second kappa shape index (κ2) is 6.15. The Morgan fingerprint density at radius 1 is 1.00 bits per heavy atom. The predicted molar refractivity (Wildman–Crippen MR) is 94.6 cm³/mol. The van der Waals surface area contributed by atoms with Crippen LogP contribution < -0.4 is 5.56 Å². The number of nitrogens with one attached hydrogen (secondary N) is 1.